The number of aryl methyl sites for hydroxylation is 1. The summed E-state index contributed by atoms with van der Waals surface area (Å²) in [5, 5.41) is 2.77. The van der Waals surface area contributed by atoms with Gasteiger partial charge in [0.15, 0.2) is 6.61 Å². The molecule has 0 radical (unpaired) electrons. The molecule has 0 spiro atoms. The van der Waals surface area contributed by atoms with Crippen molar-refractivity contribution in [3.8, 4) is 5.75 Å². The normalized spacial score (nSPS) is 13.8. The number of piperazine rings is 1. The zero-order chi connectivity index (χ0) is 20.8. The predicted octanol–water partition coefficient (Wildman–Crippen LogP) is 3.13. The minimum Gasteiger partial charge on any atom is -0.483 e. The lowest BCUT2D eigenvalue weighted by Gasteiger charge is -2.36. The van der Waals surface area contributed by atoms with Crippen LogP contribution in [0.4, 0.5) is 17.3 Å². The van der Waals surface area contributed by atoms with Crippen molar-refractivity contribution in [1.82, 2.24) is 9.97 Å². The van der Waals surface area contributed by atoms with Crippen LogP contribution in [0, 0.1) is 6.92 Å². The Hall–Kier alpha value is -3.61. The lowest BCUT2D eigenvalue weighted by Crippen LogP contribution is -2.47. The number of hydrogen-bond acceptors (Lipinski definition) is 6. The molecule has 1 aliphatic rings. The Bertz CT molecular complexity index is 970. The summed E-state index contributed by atoms with van der Waals surface area (Å²) in [7, 11) is 0. The predicted molar refractivity (Wildman–Crippen MR) is 118 cm³/mol. The van der Waals surface area contributed by atoms with E-state index in [1.807, 2.05) is 37.3 Å². The molecule has 0 saturated carbocycles. The highest BCUT2D eigenvalue weighted by Gasteiger charge is 2.19. The molecule has 30 heavy (non-hydrogen) atoms. The lowest BCUT2D eigenvalue weighted by atomic mass is 10.2. The number of anilines is 3. The number of hydrogen-bond donors (Lipinski definition) is 1. The van der Waals surface area contributed by atoms with Crippen LogP contribution in [0.15, 0.2) is 67.0 Å². The molecular weight excluding hydrogens is 378 g/mol. The number of nitrogens with one attached hydrogen (secondary N) is 1. The smallest absolute Gasteiger partial charge is 0.262 e. The van der Waals surface area contributed by atoms with Gasteiger partial charge in [-0.3, -0.25) is 4.79 Å². The quantitative estimate of drug-likeness (QED) is 0.682. The van der Waals surface area contributed by atoms with Crippen molar-refractivity contribution in [2.45, 2.75) is 6.92 Å². The van der Waals surface area contributed by atoms with E-state index in [9.17, 15) is 4.79 Å². The SMILES string of the molecule is Cc1ccccc1OCC(=O)Nc1cnc(N2CCN(c3ccccc3)CC2)nc1. The van der Waals surface area contributed by atoms with Crippen molar-refractivity contribution in [1.29, 1.82) is 0 Å². The van der Waals surface area contributed by atoms with Gasteiger partial charge in [0.1, 0.15) is 5.75 Å². The molecule has 2 heterocycles. The van der Waals surface area contributed by atoms with Crippen LogP contribution < -0.4 is 19.9 Å². The van der Waals surface area contributed by atoms with Crippen molar-refractivity contribution in [3.63, 3.8) is 0 Å². The number of aromatic nitrogens is 2. The highest BCUT2D eigenvalue weighted by Crippen LogP contribution is 2.19. The number of carbonyl (C=O) groups is 1. The summed E-state index contributed by atoms with van der Waals surface area (Å²) < 4.78 is 5.57. The molecule has 7 nitrogen and oxygen atoms in total. The molecule has 3 aromatic rings. The average molecular weight is 403 g/mol. The van der Waals surface area contributed by atoms with E-state index in [1.54, 1.807) is 12.4 Å². The lowest BCUT2D eigenvalue weighted by molar-refractivity contribution is -0.118. The van der Waals surface area contributed by atoms with Gasteiger partial charge >= 0.3 is 0 Å². The fourth-order valence-corrected chi connectivity index (χ4v) is 3.41. The Labute approximate surface area is 176 Å². The van der Waals surface area contributed by atoms with E-state index in [0.717, 1.165) is 31.7 Å². The summed E-state index contributed by atoms with van der Waals surface area (Å²) in [5.41, 5.74) is 2.79. The van der Waals surface area contributed by atoms with Gasteiger partial charge in [0.05, 0.1) is 18.1 Å². The summed E-state index contributed by atoms with van der Waals surface area (Å²) in [4.78, 5) is 25.5. The number of para-hydroxylation sites is 2. The first kappa shape index (κ1) is 19.7. The molecule has 1 saturated heterocycles. The Morgan fingerprint density at radius 3 is 2.27 bits per heavy atom. The molecule has 1 amide bonds. The minimum atomic E-state index is -0.244. The number of benzene rings is 2. The van der Waals surface area contributed by atoms with E-state index in [0.29, 0.717) is 17.4 Å². The summed E-state index contributed by atoms with van der Waals surface area (Å²) in [5.74, 6) is 1.14. The van der Waals surface area contributed by atoms with E-state index in [2.05, 4.69) is 49.4 Å². The third-order valence-electron chi connectivity index (χ3n) is 5.06. The highest BCUT2D eigenvalue weighted by atomic mass is 16.5. The Kier molecular flexibility index (Phi) is 6.08. The van der Waals surface area contributed by atoms with Gasteiger partial charge in [-0.1, -0.05) is 36.4 Å². The molecule has 1 aromatic heterocycles. The maximum absolute atomic E-state index is 12.1. The Morgan fingerprint density at radius 2 is 1.57 bits per heavy atom. The van der Waals surface area contributed by atoms with Crippen molar-refractivity contribution in [3.05, 3.63) is 72.6 Å². The van der Waals surface area contributed by atoms with Gasteiger partial charge in [-0.25, -0.2) is 9.97 Å². The molecule has 0 aliphatic carbocycles. The zero-order valence-corrected chi connectivity index (χ0v) is 17.0. The molecule has 1 fully saturated rings. The van der Waals surface area contributed by atoms with Gasteiger partial charge < -0.3 is 19.9 Å². The Morgan fingerprint density at radius 1 is 0.933 bits per heavy atom. The van der Waals surface area contributed by atoms with E-state index < -0.39 is 0 Å². The van der Waals surface area contributed by atoms with Gasteiger partial charge in [0.25, 0.3) is 5.91 Å². The maximum atomic E-state index is 12.1. The molecule has 1 aliphatic heterocycles. The van der Waals surface area contributed by atoms with Gasteiger partial charge in [0, 0.05) is 31.9 Å². The van der Waals surface area contributed by atoms with Crippen LogP contribution in [0.2, 0.25) is 0 Å². The van der Waals surface area contributed by atoms with Crippen molar-refractivity contribution in [2.75, 3.05) is 47.9 Å². The van der Waals surface area contributed by atoms with Crippen LogP contribution in [0.3, 0.4) is 0 Å². The Balaban J connectivity index is 1.27. The summed E-state index contributed by atoms with van der Waals surface area (Å²) in [6, 6.07) is 18.0. The van der Waals surface area contributed by atoms with Gasteiger partial charge in [-0.2, -0.15) is 0 Å². The van der Waals surface area contributed by atoms with Crippen LogP contribution in [-0.2, 0) is 4.79 Å². The van der Waals surface area contributed by atoms with Crippen LogP contribution >= 0.6 is 0 Å². The van der Waals surface area contributed by atoms with Gasteiger partial charge in [-0.15, -0.1) is 0 Å². The molecular formula is C23H25N5O2. The van der Waals surface area contributed by atoms with Crippen LogP contribution in [0.25, 0.3) is 0 Å². The molecule has 0 unspecified atom stereocenters. The molecule has 2 aromatic carbocycles. The molecule has 4 rings (SSSR count). The molecule has 1 N–H and O–H groups in total. The van der Waals surface area contributed by atoms with Crippen molar-refractivity contribution >= 4 is 23.2 Å². The number of ether oxygens (including phenoxy) is 1. The fraction of sp³-hybridized carbons (Fsp3) is 0.261. The van der Waals surface area contributed by atoms with E-state index in [4.69, 9.17) is 4.74 Å². The molecule has 0 atom stereocenters. The molecule has 7 heteroatoms. The average Bonchev–Trinajstić information content (AvgIpc) is 2.80. The second kappa shape index (κ2) is 9.26. The third-order valence-corrected chi connectivity index (χ3v) is 5.06. The fourth-order valence-electron chi connectivity index (χ4n) is 3.41. The highest BCUT2D eigenvalue weighted by molar-refractivity contribution is 5.91. The monoisotopic (exact) mass is 403 g/mol. The van der Waals surface area contributed by atoms with Crippen molar-refractivity contribution < 1.29 is 9.53 Å². The standard InChI is InChI=1S/C23H25N5O2/c1-18-7-5-6-10-21(18)30-17-22(29)26-19-15-24-23(25-16-19)28-13-11-27(12-14-28)20-8-3-2-4-9-20/h2-10,15-16H,11-14,17H2,1H3,(H,26,29). The first-order valence-corrected chi connectivity index (χ1v) is 10.0. The number of amides is 1. The first-order valence-electron chi connectivity index (χ1n) is 10.0. The minimum absolute atomic E-state index is 0.0615. The van der Waals surface area contributed by atoms with E-state index in [-0.39, 0.29) is 12.5 Å². The first-order chi connectivity index (χ1) is 14.7. The zero-order valence-electron chi connectivity index (χ0n) is 17.0. The topological polar surface area (TPSA) is 70.6 Å². The van der Waals surface area contributed by atoms with Crippen LogP contribution in [-0.4, -0.2) is 48.7 Å². The van der Waals surface area contributed by atoms with Crippen molar-refractivity contribution in [2.24, 2.45) is 0 Å². The second-order valence-electron chi connectivity index (χ2n) is 7.18. The van der Waals surface area contributed by atoms with Crippen LogP contribution in [0.1, 0.15) is 5.56 Å². The van der Waals surface area contributed by atoms with E-state index in [1.165, 1.54) is 5.69 Å². The molecule has 154 valence electrons. The largest absolute Gasteiger partial charge is 0.483 e. The summed E-state index contributed by atoms with van der Waals surface area (Å²) in [6.07, 6.45) is 3.27. The second-order valence-corrected chi connectivity index (χ2v) is 7.18. The third kappa shape index (κ3) is 4.86. The molecule has 0 bridgehead atoms. The maximum Gasteiger partial charge on any atom is 0.262 e. The summed E-state index contributed by atoms with van der Waals surface area (Å²) >= 11 is 0. The number of rotatable bonds is 6. The summed E-state index contributed by atoms with van der Waals surface area (Å²) in [6.45, 7) is 5.42. The van der Waals surface area contributed by atoms with Gasteiger partial charge in [-0.05, 0) is 30.7 Å². The van der Waals surface area contributed by atoms with Gasteiger partial charge in [0.2, 0.25) is 5.95 Å². The van der Waals surface area contributed by atoms with E-state index >= 15 is 0 Å². The number of nitrogens with zero attached hydrogens (tertiary/aromatic N) is 4. The van der Waals surface area contributed by atoms with Crippen LogP contribution in [0.5, 0.6) is 5.75 Å². The number of carbonyl (C=O) groups excluding carboxylic acids is 1.